The van der Waals surface area contributed by atoms with E-state index in [0.29, 0.717) is 12.1 Å². The summed E-state index contributed by atoms with van der Waals surface area (Å²) in [5.41, 5.74) is 2.49. The minimum absolute atomic E-state index is 0.126. The minimum Gasteiger partial charge on any atom is -0.321 e. The Labute approximate surface area is 150 Å². The van der Waals surface area contributed by atoms with E-state index >= 15 is 0 Å². The van der Waals surface area contributed by atoms with Gasteiger partial charge in [-0.2, -0.15) is 5.10 Å². The molecule has 3 rings (SSSR count). The molecule has 1 heterocycles. The Morgan fingerprint density at radius 1 is 1.20 bits per heavy atom. The lowest BCUT2D eigenvalue weighted by atomic mass is 10.1. The molecule has 2 aromatic carbocycles. The number of nitrogens with one attached hydrogen (secondary N) is 1. The number of aromatic nitrogens is 3. The van der Waals surface area contributed by atoms with E-state index in [1.807, 2.05) is 54.6 Å². The summed E-state index contributed by atoms with van der Waals surface area (Å²) in [6.07, 6.45) is 5.01. The van der Waals surface area contributed by atoms with Gasteiger partial charge >= 0.3 is 0 Å². The fraction of sp³-hybridized carbons (Fsp3) is 0.105. The van der Waals surface area contributed by atoms with E-state index in [1.54, 1.807) is 22.8 Å². The highest BCUT2D eigenvalue weighted by atomic mass is 32.2. The molecule has 0 saturated carbocycles. The Hall–Kier alpha value is -2.86. The van der Waals surface area contributed by atoms with Crippen LogP contribution in [0.3, 0.4) is 0 Å². The molecule has 25 heavy (non-hydrogen) atoms. The van der Waals surface area contributed by atoms with Crippen LogP contribution in [-0.4, -0.2) is 26.4 Å². The summed E-state index contributed by atoms with van der Waals surface area (Å²) in [6.45, 7) is 4.36. The number of amides is 1. The van der Waals surface area contributed by atoms with Crippen LogP contribution in [0.15, 0.2) is 78.7 Å². The van der Waals surface area contributed by atoms with Crippen LogP contribution in [0.2, 0.25) is 0 Å². The van der Waals surface area contributed by atoms with Gasteiger partial charge in [0.25, 0.3) is 5.91 Å². The summed E-state index contributed by atoms with van der Waals surface area (Å²) in [4.78, 5) is 17.4. The Balaban J connectivity index is 1.68. The van der Waals surface area contributed by atoms with E-state index in [0.717, 1.165) is 21.9 Å². The SMILES string of the molecule is C=CCSc1ccccc1NC(=O)c1ccc(Cn2cncn2)cc1. The quantitative estimate of drug-likeness (QED) is 0.519. The third-order valence-corrected chi connectivity index (χ3v) is 4.59. The van der Waals surface area contributed by atoms with E-state index in [-0.39, 0.29) is 5.91 Å². The van der Waals surface area contributed by atoms with Crippen molar-refractivity contribution >= 4 is 23.4 Å². The van der Waals surface area contributed by atoms with Crippen LogP contribution in [0.4, 0.5) is 5.69 Å². The number of benzene rings is 2. The molecule has 3 aromatic rings. The van der Waals surface area contributed by atoms with Crippen LogP contribution in [-0.2, 0) is 6.54 Å². The Morgan fingerprint density at radius 3 is 2.72 bits per heavy atom. The van der Waals surface area contributed by atoms with Gasteiger partial charge < -0.3 is 5.32 Å². The zero-order valence-corrected chi connectivity index (χ0v) is 14.4. The molecule has 0 aliphatic carbocycles. The molecule has 126 valence electrons. The maximum atomic E-state index is 12.5. The maximum Gasteiger partial charge on any atom is 0.255 e. The van der Waals surface area contributed by atoms with Crippen LogP contribution in [0.5, 0.6) is 0 Å². The van der Waals surface area contributed by atoms with Crippen LogP contribution >= 0.6 is 11.8 Å². The van der Waals surface area contributed by atoms with Crippen molar-refractivity contribution in [2.75, 3.05) is 11.1 Å². The molecular formula is C19H18N4OS. The van der Waals surface area contributed by atoms with Gasteiger partial charge in [0.2, 0.25) is 0 Å². The normalized spacial score (nSPS) is 10.4. The molecule has 0 spiro atoms. The number of rotatable bonds is 7. The molecule has 0 atom stereocenters. The number of hydrogen-bond acceptors (Lipinski definition) is 4. The van der Waals surface area contributed by atoms with Gasteiger partial charge in [-0.15, -0.1) is 18.3 Å². The van der Waals surface area contributed by atoms with E-state index in [1.165, 1.54) is 6.33 Å². The van der Waals surface area contributed by atoms with Crippen LogP contribution < -0.4 is 5.32 Å². The van der Waals surface area contributed by atoms with Crippen molar-refractivity contribution in [2.24, 2.45) is 0 Å². The summed E-state index contributed by atoms with van der Waals surface area (Å²) < 4.78 is 1.74. The minimum atomic E-state index is -0.126. The summed E-state index contributed by atoms with van der Waals surface area (Å²) in [6, 6.07) is 15.3. The van der Waals surface area contributed by atoms with Gasteiger partial charge in [0, 0.05) is 16.2 Å². The topological polar surface area (TPSA) is 59.8 Å². The standard InChI is InChI=1S/C19H18N4OS/c1-2-11-25-18-6-4-3-5-17(18)22-19(24)16-9-7-15(8-10-16)12-23-14-20-13-21-23/h2-10,13-14H,1,11-12H2,(H,22,24). The molecule has 1 amide bonds. The fourth-order valence-electron chi connectivity index (χ4n) is 2.30. The van der Waals surface area contributed by atoms with Gasteiger partial charge in [-0.3, -0.25) is 4.79 Å². The molecule has 0 aliphatic heterocycles. The zero-order valence-electron chi connectivity index (χ0n) is 13.6. The first-order valence-corrected chi connectivity index (χ1v) is 8.80. The molecule has 0 fully saturated rings. The lowest BCUT2D eigenvalue weighted by molar-refractivity contribution is 0.102. The van der Waals surface area contributed by atoms with Gasteiger partial charge in [-0.25, -0.2) is 9.67 Å². The average Bonchev–Trinajstić information content (AvgIpc) is 3.14. The Kier molecular flexibility index (Phi) is 5.64. The third kappa shape index (κ3) is 4.58. The van der Waals surface area contributed by atoms with Crippen molar-refractivity contribution in [3.8, 4) is 0 Å². The second kappa shape index (κ2) is 8.30. The molecule has 0 saturated heterocycles. The summed E-state index contributed by atoms with van der Waals surface area (Å²) in [5, 5.41) is 7.06. The van der Waals surface area contributed by atoms with Crippen molar-refractivity contribution in [2.45, 2.75) is 11.4 Å². The molecule has 0 radical (unpaired) electrons. The second-order valence-electron chi connectivity index (χ2n) is 5.34. The van der Waals surface area contributed by atoms with Gasteiger partial charge in [0.15, 0.2) is 0 Å². The first-order chi connectivity index (χ1) is 12.3. The summed E-state index contributed by atoms with van der Waals surface area (Å²) >= 11 is 1.64. The molecule has 0 bridgehead atoms. The number of thioether (sulfide) groups is 1. The molecular weight excluding hydrogens is 332 g/mol. The van der Waals surface area contributed by atoms with Crippen molar-refractivity contribution in [1.82, 2.24) is 14.8 Å². The number of carbonyl (C=O) groups is 1. The highest BCUT2D eigenvalue weighted by Gasteiger charge is 2.09. The highest BCUT2D eigenvalue weighted by Crippen LogP contribution is 2.27. The third-order valence-electron chi connectivity index (χ3n) is 3.52. The molecule has 0 unspecified atom stereocenters. The van der Waals surface area contributed by atoms with E-state index in [2.05, 4.69) is 22.0 Å². The monoisotopic (exact) mass is 350 g/mol. The number of anilines is 1. The lowest BCUT2D eigenvalue weighted by Gasteiger charge is -2.10. The van der Waals surface area contributed by atoms with Crippen molar-refractivity contribution in [3.63, 3.8) is 0 Å². The van der Waals surface area contributed by atoms with Crippen molar-refractivity contribution in [3.05, 3.63) is 85.0 Å². The molecule has 6 heteroatoms. The van der Waals surface area contributed by atoms with Crippen LogP contribution in [0.1, 0.15) is 15.9 Å². The van der Waals surface area contributed by atoms with Gasteiger partial charge in [-0.1, -0.05) is 30.3 Å². The molecule has 1 N–H and O–H groups in total. The average molecular weight is 350 g/mol. The smallest absolute Gasteiger partial charge is 0.255 e. The number of nitrogens with zero attached hydrogens (tertiary/aromatic N) is 3. The number of para-hydroxylation sites is 1. The largest absolute Gasteiger partial charge is 0.321 e. The summed E-state index contributed by atoms with van der Waals surface area (Å²) in [7, 11) is 0. The van der Waals surface area contributed by atoms with E-state index in [9.17, 15) is 4.79 Å². The highest BCUT2D eigenvalue weighted by molar-refractivity contribution is 7.99. The van der Waals surface area contributed by atoms with Gasteiger partial charge in [0.1, 0.15) is 12.7 Å². The maximum absolute atomic E-state index is 12.5. The Bertz CT molecular complexity index is 844. The fourth-order valence-corrected chi connectivity index (χ4v) is 3.05. The van der Waals surface area contributed by atoms with E-state index in [4.69, 9.17) is 0 Å². The summed E-state index contributed by atoms with van der Waals surface area (Å²) in [5.74, 6) is 0.670. The lowest BCUT2D eigenvalue weighted by Crippen LogP contribution is -2.12. The second-order valence-corrected chi connectivity index (χ2v) is 6.40. The first kappa shape index (κ1) is 17.0. The van der Waals surface area contributed by atoms with Crippen LogP contribution in [0.25, 0.3) is 0 Å². The van der Waals surface area contributed by atoms with Gasteiger partial charge in [0.05, 0.1) is 12.2 Å². The van der Waals surface area contributed by atoms with E-state index < -0.39 is 0 Å². The van der Waals surface area contributed by atoms with Crippen molar-refractivity contribution < 1.29 is 4.79 Å². The van der Waals surface area contributed by atoms with Crippen molar-refractivity contribution in [1.29, 1.82) is 0 Å². The number of carbonyl (C=O) groups excluding carboxylic acids is 1. The molecule has 0 aliphatic rings. The molecule has 5 nitrogen and oxygen atoms in total. The predicted molar refractivity (Wildman–Crippen MR) is 101 cm³/mol. The van der Waals surface area contributed by atoms with Gasteiger partial charge in [-0.05, 0) is 29.8 Å². The van der Waals surface area contributed by atoms with Crippen LogP contribution in [0, 0.1) is 0 Å². The zero-order chi connectivity index (χ0) is 17.5. The Morgan fingerprint density at radius 2 is 2.00 bits per heavy atom. The first-order valence-electron chi connectivity index (χ1n) is 7.81. The number of hydrogen-bond donors (Lipinski definition) is 1. The predicted octanol–water partition coefficient (Wildman–Crippen LogP) is 3.86. The molecule has 1 aromatic heterocycles.